The fourth-order valence-electron chi connectivity index (χ4n) is 2.59. The van der Waals surface area contributed by atoms with E-state index >= 15 is 0 Å². The van der Waals surface area contributed by atoms with Crippen molar-refractivity contribution < 1.29 is 14.3 Å². The molecular formula is C22H18BrClN2O3. The van der Waals surface area contributed by atoms with Gasteiger partial charge < -0.3 is 15.4 Å². The second kappa shape index (κ2) is 10.1. The molecule has 7 heteroatoms. The highest BCUT2D eigenvalue weighted by molar-refractivity contribution is 9.10. The quantitative estimate of drug-likeness (QED) is 0.505. The van der Waals surface area contributed by atoms with Crippen LogP contribution in [0, 0.1) is 0 Å². The van der Waals surface area contributed by atoms with Crippen LogP contribution >= 0.6 is 27.5 Å². The van der Waals surface area contributed by atoms with Gasteiger partial charge >= 0.3 is 0 Å². The Bertz CT molecular complexity index is 1010. The van der Waals surface area contributed by atoms with Gasteiger partial charge in [-0.25, -0.2) is 0 Å². The summed E-state index contributed by atoms with van der Waals surface area (Å²) in [6, 6.07) is 21.5. The van der Waals surface area contributed by atoms with Crippen LogP contribution in [-0.2, 0) is 11.3 Å². The third-order valence-electron chi connectivity index (χ3n) is 3.99. The molecule has 0 radical (unpaired) electrons. The summed E-state index contributed by atoms with van der Waals surface area (Å²) >= 11 is 9.40. The number of anilines is 1. The second-order valence-electron chi connectivity index (χ2n) is 6.13. The Morgan fingerprint density at radius 1 is 0.966 bits per heavy atom. The van der Waals surface area contributed by atoms with Crippen molar-refractivity contribution >= 4 is 45.0 Å². The maximum absolute atomic E-state index is 12.6. The fourth-order valence-corrected chi connectivity index (χ4v) is 3.31. The lowest BCUT2D eigenvalue weighted by Gasteiger charge is -2.12. The predicted molar refractivity (Wildman–Crippen MR) is 117 cm³/mol. The van der Waals surface area contributed by atoms with Crippen molar-refractivity contribution in [2.24, 2.45) is 0 Å². The van der Waals surface area contributed by atoms with Crippen molar-refractivity contribution in [3.05, 3.63) is 93.4 Å². The summed E-state index contributed by atoms with van der Waals surface area (Å²) in [6.07, 6.45) is 0. The maximum Gasteiger partial charge on any atom is 0.262 e. The van der Waals surface area contributed by atoms with Crippen LogP contribution in [0.3, 0.4) is 0 Å². The van der Waals surface area contributed by atoms with Gasteiger partial charge in [0.15, 0.2) is 6.61 Å². The average molecular weight is 474 g/mol. The number of benzene rings is 3. The molecule has 0 aromatic heterocycles. The van der Waals surface area contributed by atoms with Crippen molar-refractivity contribution in [2.45, 2.75) is 6.54 Å². The van der Waals surface area contributed by atoms with Crippen molar-refractivity contribution in [1.29, 1.82) is 0 Å². The van der Waals surface area contributed by atoms with E-state index < -0.39 is 5.91 Å². The van der Waals surface area contributed by atoms with Crippen LogP contribution in [0.1, 0.15) is 15.9 Å². The van der Waals surface area contributed by atoms with Crippen LogP contribution in [0.5, 0.6) is 5.75 Å². The lowest BCUT2D eigenvalue weighted by Crippen LogP contribution is -2.26. The van der Waals surface area contributed by atoms with Gasteiger partial charge in [-0.3, -0.25) is 9.59 Å². The molecule has 0 heterocycles. The zero-order valence-electron chi connectivity index (χ0n) is 15.3. The Labute approximate surface area is 182 Å². The third-order valence-corrected chi connectivity index (χ3v) is 4.78. The van der Waals surface area contributed by atoms with Crippen LogP contribution < -0.4 is 15.4 Å². The van der Waals surface area contributed by atoms with E-state index in [0.717, 1.165) is 10.0 Å². The summed E-state index contributed by atoms with van der Waals surface area (Å²) in [5.74, 6) is -0.271. The van der Waals surface area contributed by atoms with E-state index in [2.05, 4.69) is 26.6 Å². The van der Waals surface area contributed by atoms with Gasteiger partial charge in [0.05, 0.1) is 16.3 Å². The molecule has 2 N–H and O–H groups in total. The monoisotopic (exact) mass is 472 g/mol. The molecule has 0 aliphatic rings. The van der Waals surface area contributed by atoms with Crippen molar-refractivity contribution in [3.63, 3.8) is 0 Å². The van der Waals surface area contributed by atoms with E-state index in [9.17, 15) is 9.59 Å². The number of carbonyl (C=O) groups is 2. The summed E-state index contributed by atoms with van der Waals surface area (Å²) in [7, 11) is 0. The molecule has 3 aromatic rings. The van der Waals surface area contributed by atoms with Gasteiger partial charge in [-0.15, -0.1) is 0 Å². The molecule has 5 nitrogen and oxygen atoms in total. The molecule has 0 fully saturated rings. The minimum atomic E-state index is -0.396. The standard InChI is InChI=1S/C22H18BrClN2O3/c23-16-10-11-20(18(24)12-16)29-14-21(27)26-19-9-5-4-8-17(19)22(28)25-13-15-6-2-1-3-7-15/h1-12H,13-14H2,(H,25,28)(H,26,27). The molecule has 0 saturated carbocycles. The van der Waals surface area contributed by atoms with Crippen LogP contribution in [0.25, 0.3) is 0 Å². The molecule has 0 saturated heterocycles. The first-order valence-electron chi connectivity index (χ1n) is 8.82. The lowest BCUT2D eigenvalue weighted by atomic mass is 10.1. The minimum Gasteiger partial charge on any atom is -0.482 e. The Kier molecular flexibility index (Phi) is 7.27. The molecule has 0 unspecified atom stereocenters. The van der Waals surface area contributed by atoms with E-state index in [4.69, 9.17) is 16.3 Å². The summed E-state index contributed by atoms with van der Waals surface area (Å²) in [6.45, 7) is 0.161. The number of halogens is 2. The zero-order chi connectivity index (χ0) is 20.6. The average Bonchev–Trinajstić information content (AvgIpc) is 2.72. The van der Waals surface area contributed by atoms with Crippen LogP contribution in [0.4, 0.5) is 5.69 Å². The molecule has 29 heavy (non-hydrogen) atoms. The van der Waals surface area contributed by atoms with Gasteiger partial charge in [0.1, 0.15) is 5.75 Å². The molecule has 0 bridgehead atoms. The number of hydrogen-bond acceptors (Lipinski definition) is 3. The first-order valence-corrected chi connectivity index (χ1v) is 9.99. The van der Waals surface area contributed by atoms with Gasteiger partial charge in [-0.2, -0.15) is 0 Å². The van der Waals surface area contributed by atoms with Gasteiger partial charge in [0, 0.05) is 11.0 Å². The van der Waals surface area contributed by atoms with Crippen LogP contribution in [-0.4, -0.2) is 18.4 Å². The van der Waals surface area contributed by atoms with E-state index in [1.807, 2.05) is 30.3 Å². The highest BCUT2D eigenvalue weighted by atomic mass is 79.9. The van der Waals surface area contributed by atoms with Crippen molar-refractivity contribution in [2.75, 3.05) is 11.9 Å². The highest BCUT2D eigenvalue weighted by Crippen LogP contribution is 2.27. The summed E-state index contributed by atoms with van der Waals surface area (Å²) < 4.78 is 6.28. The Balaban J connectivity index is 1.60. The number of ether oxygens (including phenoxy) is 1. The first-order chi connectivity index (χ1) is 14.0. The second-order valence-corrected chi connectivity index (χ2v) is 7.45. The summed E-state index contributed by atoms with van der Waals surface area (Å²) in [5, 5.41) is 5.97. The number of amides is 2. The fraction of sp³-hybridized carbons (Fsp3) is 0.0909. The molecule has 0 atom stereocenters. The molecule has 148 valence electrons. The van der Waals surface area contributed by atoms with E-state index in [1.54, 1.807) is 42.5 Å². The predicted octanol–water partition coefficient (Wildman–Crippen LogP) is 5.05. The van der Waals surface area contributed by atoms with E-state index in [0.29, 0.717) is 28.6 Å². The van der Waals surface area contributed by atoms with Gasteiger partial charge in [0.2, 0.25) is 0 Å². The Morgan fingerprint density at radius 2 is 1.69 bits per heavy atom. The van der Waals surface area contributed by atoms with E-state index in [-0.39, 0.29) is 12.5 Å². The van der Waals surface area contributed by atoms with Crippen LogP contribution in [0.15, 0.2) is 77.3 Å². The number of nitrogens with one attached hydrogen (secondary N) is 2. The lowest BCUT2D eigenvalue weighted by molar-refractivity contribution is -0.118. The van der Waals surface area contributed by atoms with Gasteiger partial charge in [0.25, 0.3) is 11.8 Å². The molecule has 0 spiro atoms. The summed E-state index contributed by atoms with van der Waals surface area (Å²) in [4.78, 5) is 24.9. The van der Waals surface area contributed by atoms with Crippen LogP contribution in [0.2, 0.25) is 5.02 Å². The highest BCUT2D eigenvalue weighted by Gasteiger charge is 2.14. The molecule has 2 amide bonds. The minimum absolute atomic E-state index is 0.235. The zero-order valence-corrected chi connectivity index (χ0v) is 17.7. The Hall–Kier alpha value is -2.83. The number of para-hydroxylation sites is 1. The Morgan fingerprint density at radius 3 is 2.45 bits per heavy atom. The van der Waals surface area contributed by atoms with Gasteiger partial charge in [-0.1, -0.05) is 70.0 Å². The SMILES string of the molecule is O=C(COc1ccc(Br)cc1Cl)Nc1ccccc1C(=O)NCc1ccccc1. The van der Waals surface area contributed by atoms with Crippen molar-refractivity contribution in [1.82, 2.24) is 5.32 Å². The summed E-state index contributed by atoms with van der Waals surface area (Å²) in [5.41, 5.74) is 1.77. The number of rotatable bonds is 7. The van der Waals surface area contributed by atoms with Gasteiger partial charge in [-0.05, 0) is 35.9 Å². The molecule has 0 aliphatic carbocycles. The number of carbonyl (C=O) groups excluding carboxylic acids is 2. The third kappa shape index (κ3) is 6.07. The molecular weight excluding hydrogens is 456 g/mol. The maximum atomic E-state index is 12.6. The normalized spacial score (nSPS) is 10.3. The molecule has 3 aromatic carbocycles. The molecule has 0 aliphatic heterocycles. The smallest absolute Gasteiger partial charge is 0.262 e. The first kappa shape index (κ1) is 20.9. The topological polar surface area (TPSA) is 67.4 Å². The van der Waals surface area contributed by atoms with E-state index in [1.165, 1.54) is 0 Å². The molecule has 3 rings (SSSR count). The largest absolute Gasteiger partial charge is 0.482 e. The number of hydrogen-bond donors (Lipinski definition) is 2. The van der Waals surface area contributed by atoms with Crippen molar-refractivity contribution in [3.8, 4) is 5.75 Å².